The van der Waals surface area contributed by atoms with Crippen molar-refractivity contribution in [2.24, 2.45) is 0 Å². The number of hydrogen-bond donors (Lipinski definition) is 0. The highest BCUT2D eigenvalue weighted by Crippen LogP contribution is 2.34. The molecule has 126 valence electrons. The maximum absolute atomic E-state index is 12.9. The summed E-state index contributed by atoms with van der Waals surface area (Å²) in [6, 6.07) is 14.7. The Bertz CT molecular complexity index is 923. The van der Waals surface area contributed by atoms with Crippen LogP contribution in [0.25, 0.3) is 0 Å². The van der Waals surface area contributed by atoms with Crippen LogP contribution in [-0.4, -0.2) is 23.3 Å². The van der Waals surface area contributed by atoms with Crippen LogP contribution in [0.3, 0.4) is 0 Å². The summed E-state index contributed by atoms with van der Waals surface area (Å²) in [4.78, 5) is 28.5. The van der Waals surface area contributed by atoms with E-state index in [2.05, 4.69) is 6.07 Å². The summed E-state index contributed by atoms with van der Waals surface area (Å²) in [7, 11) is 0. The minimum atomic E-state index is -0.511. The molecule has 0 saturated heterocycles. The molecule has 6 heteroatoms. The van der Waals surface area contributed by atoms with E-state index in [4.69, 9.17) is 23.2 Å². The normalized spacial score (nSPS) is 17.4. The van der Waals surface area contributed by atoms with Gasteiger partial charge in [-0.05, 0) is 35.7 Å². The van der Waals surface area contributed by atoms with E-state index in [1.807, 2.05) is 23.1 Å². The molecule has 0 aromatic heterocycles. The zero-order chi connectivity index (χ0) is 17.6. The van der Waals surface area contributed by atoms with E-state index >= 15 is 0 Å². The molecule has 2 aliphatic heterocycles. The van der Waals surface area contributed by atoms with E-state index in [1.54, 1.807) is 24.3 Å². The number of anilines is 1. The van der Waals surface area contributed by atoms with Gasteiger partial charge in [0.25, 0.3) is 11.8 Å². The zero-order valence-electron chi connectivity index (χ0n) is 13.2. The lowest BCUT2D eigenvalue weighted by Crippen LogP contribution is -2.37. The predicted molar refractivity (Wildman–Crippen MR) is 97.4 cm³/mol. The first-order valence-electron chi connectivity index (χ1n) is 7.92. The predicted octanol–water partition coefficient (Wildman–Crippen LogP) is 3.72. The van der Waals surface area contributed by atoms with Gasteiger partial charge in [0.1, 0.15) is 10.7 Å². The zero-order valence-corrected chi connectivity index (χ0v) is 14.7. The molecule has 0 saturated carbocycles. The third-order valence-corrected chi connectivity index (χ3v) is 5.09. The van der Waals surface area contributed by atoms with Gasteiger partial charge < -0.3 is 4.90 Å². The maximum atomic E-state index is 12.9. The van der Waals surface area contributed by atoms with Crippen molar-refractivity contribution in [3.05, 3.63) is 75.4 Å². The summed E-state index contributed by atoms with van der Waals surface area (Å²) in [5, 5.41) is 0.416. The maximum Gasteiger partial charge on any atom is 0.283 e. The van der Waals surface area contributed by atoms with Gasteiger partial charge in [0, 0.05) is 18.1 Å². The van der Waals surface area contributed by atoms with Gasteiger partial charge in [-0.2, -0.15) is 0 Å². The number of benzene rings is 2. The van der Waals surface area contributed by atoms with E-state index in [1.165, 1.54) is 5.56 Å². The van der Waals surface area contributed by atoms with Gasteiger partial charge in [0.15, 0.2) is 0 Å². The van der Waals surface area contributed by atoms with Crippen LogP contribution >= 0.6 is 23.2 Å². The summed E-state index contributed by atoms with van der Waals surface area (Å²) in [6.45, 7) is 1.20. The van der Waals surface area contributed by atoms with E-state index in [0.29, 0.717) is 23.8 Å². The molecule has 25 heavy (non-hydrogen) atoms. The number of carbonyl (C=O) groups is 2. The van der Waals surface area contributed by atoms with Crippen LogP contribution in [0.4, 0.5) is 5.69 Å². The van der Waals surface area contributed by atoms with Crippen LogP contribution in [0.1, 0.15) is 11.1 Å². The number of carbonyl (C=O) groups excluding carboxylic acids is 2. The minimum absolute atomic E-state index is 0.0376. The number of amides is 2. The summed E-state index contributed by atoms with van der Waals surface area (Å²) in [5.74, 6) is -0.917. The standard InChI is InChI=1S/C19H14Cl2N2O2/c20-14-6-3-7-15(10-14)23-18(24)16(21)17(19(23)25)22-9-8-12-4-1-2-5-13(12)11-22/h1-7,10H,8-9,11H2. The van der Waals surface area contributed by atoms with Crippen LogP contribution in [-0.2, 0) is 22.6 Å². The number of fused-ring (bicyclic) bond motifs is 1. The van der Waals surface area contributed by atoms with Crippen molar-refractivity contribution < 1.29 is 9.59 Å². The monoisotopic (exact) mass is 372 g/mol. The van der Waals surface area contributed by atoms with Crippen LogP contribution in [0.5, 0.6) is 0 Å². The fraction of sp³-hybridized carbons (Fsp3) is 0.158. The molecule has 4 rings (SSSR count). The van der Waals surface area contributed by atoms with E-state index in [-0.39, 0.29) is 10.7 Å². The molecule has 4 nitrogen and oxygen atoms in total. The van der Waals surface area contributed by atoms with Gasteiger partial charge in [-0.3, -0.25) is 9.59 Å². The Balaban J connectivity index is 1.67. The highest BCUT2D eigenvalue weighted by Gasteiger charge is 2.41. The van der Waals surface area contributed by atoms with Gasteiger partial charge in [0.2, 0.25) is 0 Å². The Labute approximate surface area is 155 Å². The number of rotatable bonds is 2. The second kappa shape index (κ2) is 6.21. The van der Waals surface area contributed by atoms with Crippen molar-refractivity contribution in [1.29, 1.82) is 0 Å². The number of hydrogen-bond acceptors (Lipinski definition) is 3. The highest BCUT2D eigenvalue weighted by atomic mass is 35.5. The van der Waals surface area contributed by atoms with Gasteiger partial charge in [-0.25, -0.2) is 4.90 Å². The average Bonchev–Trinajstić information content (AvgIpc) is 2.84. The highest BCUT2D eigenvalue weighted by molar-refractivity contribution is 6.52. The smallest absolute Gasteiger partial charge is 0.283 e. The summed E-state index contributed by atoms with van der Waals surface area (Å²) in [6.07, 6.45) is 0.808. The molecular weight excluding hydrogens is 359 g/mol. The fourth-order valence-electron chi connectivity index (χ4n) is 3.30. The Morgan fingerprint density at radius 3 is 2.40 bits per heavy atom. The average molecular weight is 373 g/mol. The molecule has 2 aromatic carbocycles. The fourth-order valence-corrected chi connectivity index (χ4v) is 3.77. The van der Waals surface area contributed by atoms with Crippen LogP contribution in [0.15, 0.2) is 59.3 Å². The molecule has 0 radical (unpaired) electrons. The van der Waals surface area contributed by atoms with Crippen molar-refractivity contribution in [2.75, 3.05) is 11.4 Å². The van der Waals surface area contributed by atoms with Crippen molar-refractivity contribution in [2.45, 2.75) is 13.0 Å². The summed E-state index contributed by atoms with van der Waals surface area (Å²) in [5.41, 5.74) is 3.10. The molecule has 0 N–H and O–H groups in total. The topological polar surface area (TPSA) is 40.6 Å². The Hall–Kier alpha value is -2.30. The molecule has 0 atom stereocenters. The molecule has 2 heterocycles. The molecule has 0 spiro atoms. The molecule has 2 amide bonds. The molecule has 2 aliphatic rings. The Kier molecular flexibility index (Phi) is 4.02. The van der Waals surface area contributed by atoms with Crippen LogP contribution in [0, 0.1) is 0 Å². The van der Waals surface area contributed by atoms with Gasteiger partial charge in [0.05, 0.1) is 5.69 Å². The van der Waals surface area contributed by atoms with Crippen molar-refractivity contribution in [3.63, 3.8) is 0 Å². The lowest BCUT2D eigenvalue weighted by molar-refractivity contribution is -0.121. The first kappa shape index (κ1) is 16.2. The quantitative estimate of drug-likeness (QED) is 0.754. The second-order valence-electron chi connectivity index (χ2n) is 6.03. The Morgan fingerprint density at radius 2 is 1.64 bits per heavy atom. The van der Waals surface area contributed by atoms with E-state index in [9.17, 15) is 9.59 Å². The molecule has 0 unspecified atom stereocenters. The second-order valence-corrected chi connectivity index (χ2v) is 6.84. The lowest BCUT2D eigenvalue weighted by atomic mass is 9.99. The summed E-state index contributed by atoms with van der Waals surface area (Å²) >= 11 is 12.3. The SMILES string of the molecule is O=C1C(Cl)=C(N2CCc3ccccc3C2)C(=O)N1c1cccc(Cl)c1. The van der Waals surface area contributed by atoms with E-state index in [0.717, 1.165) is 16.9 Å². The lowest BCUT2D eigenvalue weighted by Gasteiger charge is -2.31. The van der Waals surface area contributed by atoms with Crippen molar-refractivity contribution >= 4 is 40.7 Å². The molecule has 0 aliphatic carbocycles. The van der Waals surface area contributed by atoms with Gasteiger partial charge in [-0.1, -0.05) is 53.5 Å². The molecule has 2 aromatic rings. The van der Waals surface area contributed by atoms with Gasteiger partial charge >= 0.3 is 0 Å². The first-order chi connectivity index (χ1) is 12.1. The van der Waals surface area contributed by atoms with Gasteiger partial charge in [-0.15, -0.1) is 0 Å². The molecule has 0 bridgehead atoms. The van der Waals surface area contributed by atoms with Crippen LogP contribution in [0.2, 0.25) is 5.02 Å². The number of nitrogens with zero attached hydrogens (tertiary/aromatic N) is 2. The van der Waals surface area contributed by atoms with Crippen molar-refractivity contribution in [3.8, 4) is 0 Å². The third kappa shape index (κ3) is 2.71. The number of imide groups is 1. The minimum Gasteiger partial charge on any atom is -0.361 e. The largest absolute Gasteiger partial charge is 0.361 e. The molecule has 0 fully saturated rings. The number of halogens is 2. The van der Waals surface area contributed by atoms with E-state index < -0.39 is 11.8 Å². The summed E-state index contributed by atoms with van der Waals surface area (Å²) < 4.78 is 0. The third-order valence-electron chi connectivity index (χ3n) is 4.52. The van der Waals surface area contributed by atoms with Crippen LogP contribution < -0.4 is 4.90 Å². The first-order valence-corrected chi connectivity index (χ1v) is 8.67. The molecular formula is C19H14Cl2N2O2. The Morgan fingerprint density at radius 1 is 0.880 bits per heavy atom. The van der Waals surface area contributed by atoms with Crippen molar-refractivity contribution in [1.82, 2.24) is 4.90 Å².